The highest BCUT2D eigenvalue weighted by Gasteiger charge is 2.15. The van der Waals surface area contributed by atoms with Crippen LogP contribution in [0.2, 0.25) is 0 Å². The number of fused-ring (bicyclic) bond motifs is 1. The molecule has 0 radical (unpaired) electrons. The van der Waals surface area contributed by atoms with Gasteiger partial charge in [0.15, 0.2) is 5.76 Å². The van der Waals surface area contributed by atoms with Crippen molar-refractivity contribution in [1.29, 1.82) is 0 Å². The molecule has 2 amide bonds. The third kappa shape index (κ3) is 4.01. The van der Waals surface area contributed by atoms with E-state index < -0.39 is 0 Å². The van der Waals surface area contributed by atoms with E-state index in [1.807, 2.05) is 47.8 Å². The third-order valence-corrected chi connectivity index (χ3v) is 5.77. The number of nitrogens with one attached hydrogen (secondary N) is 2. The van der Waals surface area contributed by atoms with Crippen LogP contribution in [0.5, 0.6) is 0 Å². The number of nitrogens with zero attached hydrogens (tertiary/aromatic N) is 1. The quantitative estimate of drug-likeness (QED) is 0.349. The molecule has 5 rings (SSSR count). The Kier molecular flexibility index (Phi) is 5.23. The number of carbonyl (C=O) groups is 2. The Balaban J connectivity index is 1.38. The topological polar surface area (TPSA) is 84.2 Å². The highest BCUT2D eigenvalue weighted by molar-refractivity contribution is 7.13. The van der Waals surface area contributed by atoms with Gasteiger partial charge in [0.25, 0.3) is 11.8 Å². The van der Waals surface area contributed by atoms with Gasteiger partial charge >= 0.3 is 0 Å². The number of thiophene rings is 1. The molecule has 0 aliphatic carbocycles. The van der Waals surface area contributed by atoms with E-state index in [9.17, 15) is 9.59 Å². The van der Waals surface area contributed by atoms with E-state index in [4.69, 9.17) is 9.40 Å². The van der Waals surface area contributed by atoms with Crippen LogP contribution in [0.1, 0.15) is 20.9 Å². The van der Waals surface area contributed by atoms with Crippen LogP contribution >= 0.6 is 11.3 Å². The van der Waals surface area contributed by atoms with E-state index in [2.05, 4.69) is 10.6 Å². The molecule has 6 nitrogen and oxygen atoms in total. The van der Waals surface area contributed by atoms with E-state index in [1.165, 1.54) is 6.26 Å². The standard InChI is InChI=1S/C25H17N3O3S/c29-24(26-16-9-11-17(12-10-16)27-25(30)22-7-3-13-31-22)19-15-21(23-8-4-14-32-23)28-20-6-2-1-5-18(19)20/h1-15H,(H,26,29)(H,27,30). The van der Waals surface area contributed by atoms with E-state index in [0.717, 1.165) is 21.5 Å². The highest BCUT2D eigenvalue weighted by Crippen LogP contribution is 2.28. The first kappa shape index (κ1) is 19.7. The minimum Gasteiger partial charge on any atom is -0.459 e. The van der Waals surface area contributed by atoms with Gasteiger partial charge in [0.1, 0.15) is 0 Å². The molecule has 0 aliphatic rings. The smallest absolute Gasteiger partial charge is 0.291 e. The summed E-state index contributed by atoms with van der Waals surface area (Å²) in [6, 6.07) is 23.5. The summed E-state index contributed by atoms with van der Waals surface area (Å²) in [6.07, 6.45) is 1.44. The van der Waals surface area contributed by atoms with Gasteiger partial charge in [-0.05, 0) is 60.0 Å². The lowest BCUT2D eigenvalue weighted by Gasteiger charge is -2.11. The number of hydrogen-bond donors (Lipinski definition) is 2. The van der Waals surface area contributed by atoms with Crippen molar-refractivity contribution in [2.45, 2.75) is 0 Å². The van der Waals surface area contributed by atoms with Crippen LogP contribution in [-0.2, 0) is 0 Å². The lowest BCUT2D eigenvalue weighted by atomic mass is 10.1. The summed E-state index contributed by atoms with van der Waals surface area (Å²) in [5.74, 6) is -0.335. The van der Waals surface area contributed by atoms with Gasteiger partial charge in [-0.15, -0.1) is 11.3 Å². The number of rotatable bonds is 5. The van der Waals surface area contributed by atoms with E-state index >= 15 is 0 Å². The molecule has 0 saturated heterocycles. The molecule has 5 aromatic rings. The van der Waals surface area contributed by atoms with Gasteiger partial charge in [-0.2, -0.15) is 0 Å². The molecule has 2 aromatic carbocycles. The first-order valence-corrected chi connectivity index (χ1v) is 10.8. The van der Waals surface area contributed by atoms with Gasteiger partial charge in [-0.25, -0.2) is 4.98 Å². The Bertz CT molecular complexity index is 1390. The molecule has 0 atom stereocenters. The zero-order valence-corrected chi connectivity index (χ0v) is 17.6. The van der Waals surface area contributed by atoms with Crippen LogP contribution < -0.4 is 10.6 Å². The Labute approximate surface area is 187 Å². The van der Waals surface area contributed by atoms with Gasteiger partial charge in [-0.3, -0.25) is 9.59 Å². The van der Waals surface area contributed by atoms with Gasteiger partial charge < -0.3 is 15.1 Å². The second-order valence-electron chi connectivity index (χ2n) is 7.01. The number of para-hydroxylation sites is 1. The molecule has 0 spiro atoms. The third-order valence-electron chi connectivity index (χ3n) is 4.88. The molecule has 0 bridgehead atoms. The van der Waals surface area contributed by atoms with Gasteiger partial charge in [-0.1, -0.05) is 24.3 Å². The summed E-state index contributed by atoms with van der Waals surface area (Å²) < 4.78 is 5.09. The maximum absolute atomic E-state index is 13.2. The second-order valence-corrected chi connectivity index (χ2v) is 7.96. The first-order valence-electron chi connectivity index (χ1n) is 9.87. The first-order chi connectivity index (χ1) is 15.7. The van der Waals surface area contributed by atoms with Crippen molar-refractivity contribution in [1.82, 2.24) is 4.98 Å². The molecule has 0 aliphatic heterocycles. The molecule has 3 heterocycles. The van der Waals surface area contributed by atoms with Crippen molar-refractivity contribution < 1.29 is 14.0 Å². The lowest BCUT2D eigenvalue weighted by Crippen LogP contribution is -2.13. The second kappa shape index (κ2) is 8.49. The van der Waals surface area contributed by atoms with Gasteiger partial charge in [0.2, 0.25) is 0 Å². The highest BCUT2D eigenvalue weighted by atomic mass is 32.1. The van der Waals surface area contributed by atoms with Crippen LogP contribution in [0.15, 0.2) is 94.9 Å². The number of hydrogen-bond acceptors (Lipinski definition) is 5. The van der Waals surface area contributed by atoms with Crippen LogP contribution in [0.4, 0.5) is 11.4 Å². The SMILES string of the molecule is O=C(Nc1ccc(NC(=O)c2cc(-c3cccs3)nc3ccccc23)cc1)c1ccco1. The monoisotopic (exact) mass is 439 g/mol. The maximum atomic E-state index is 13.2. The number of carbonyl (C=O) groups excluding carboxylic acids is 2. The molecule has 7 heteroatoms. The van der Waals surface area contributed by atoms with Crippen molar-refractivity contribution in [2.75, 3.05) is 10.6 Å². The average Bonchev–Trinajstić information content (AvgIpc) is 3.54. The zero-order valence-electron chi connectivity index (χ0n) is 16.7. The molecule has 156 valence electrons. The van der Waals surface area contributed by atoms with Crippen LogP contribution in [0.3, 0.4) is 0 Å². The summed E-state index contributed by atoms with van der Waals surface area (Å²) in [5, 5.41) is 8.46. The average molecular weight is 439 g/mol. The Hall–Kier alpha value is -4.23. The Morgan fingerprint density at radius 2 is 1.56 bits per heavy atom. The molecule has 3 aromatic heterocycles. The van der Waals surface area contributed by atoms with E-state index in [-0.39, 0.29) is 17.6 Å². The minimum absolute atomic E-state index is 0.228. The largest absolute Gasteiger partial charge is 0.459 e. The number of pyridine rings is 1. The lowest BCUT2D eigenvalue weighted by molar-refractivity contribution is 0.0994. The number of amides is 2. The van der Waals surface area contributed by atoms with Crippen LogP contribution in [0.25, 0.3) is 21.5 Å². The van der Waals surface area contributed by atoms with Crippen LogP contribution in [0, 0.1) is 0 Å². The Morgan fingerprint density at radius 1 is 0.812 bits per heavy atom. The molecular weight excluding hydrogens is 422 g/mol. The summed E-state index contributed by atoms with van der Waals surface area (Å²) in [6.45, 7) is 0. The molecule has 0 unspecified atom stereocenters. The fraction of sp³-hybridized carbons (Fsp3) is 0. The summed E-state index contributed by atoms with van der Waals surface area (Å²) in [5.41, 5.74) is 3.29. The van der Waals surface area contributed by atoms with E-state index in [1.54, 1.807) is 47.7 Å². The summed E-state index contributed by atoms with van der Waals surface area (Å²) >= 11 is 1.58. The van der Waals surface area contributed by atoms with Crippen molar-refractivity contribution in [2.24, 2.45) is 0 Å². The van der Waals surface area contributed by atoms with Gasteiger partial charge in [0, 0.05) is 16.8 Å². The predicted molar refractivity (Wildman–Crippen MR) is 126 cm³/mol. The number of aromatic nitrogens is 1. The molecular formula is C25H17N3O3S. The van der Waals surface area contributed by atoms with E-state index in [0.29, 0.717) is 16.9 Å². The summed E-state index contributed by atoms with van der Waals surface area (Å²) in [4.78, 5) is 31.0. The number of furan rings is 1. The predicted octanol–water partition coefficient (Wildman–Crippen LogP) is 6.06. The fourth-order valence-corrected chi connectivity index (χ4v) is 4.04. The number of benzene rings is 2. The van der Waals surface area contributed by atoms with Crippen molar-refractivity contribution in [3.63, 3.8) is 0 Å². The molecule has 2 N–H and O–H groups in total. The minimum atomic E-state index is -0.337. The van der Waals surface area contributed by atoms with Crippen LogP contribution in [-0.4, -0.2) is 16.8 Å². The Morgan fingerprint density at radius 3 is 2.25 bits per heavy atom. The molecule has 32 heavy (non-hydrogen) atoms. The summed E-state index contributed by atoms with van der Waals surface area (Å²) in [7, 11) is 0. The fourth-order valence-electron chi connectivity index (χ4n) is 3.35. The van der Waals surface area contributed by atoms with Crippen molar-refractivity contribution in [3.8, 4) is 10.6 Å². The molecule has 0 saturated carbocycles. The maximum Gasteiger partial charge on any atom is 0.291 e. The van der Waals surface area contributed by atoms with Crippen molar-refractivity contribution >= 4 is 45.4 Å². The number of anilines is 2. The normalized spacial score (nSPS) is 10.8. The van der Waals surface area contributed by atoms with Gasteiger partial charge in [0.05, 0.1) is 27.9 Å². The molecule has 0 fully saturated rings. The zero-order chi connectivity index (χ0) is 21.9. The van der Waals surface area contributed by atoms with Crippen molar-refractivity contribution in [3.05, 3.63) is 102 Å².